The Morgan fingerprint density at radius 1 is 1.16 bits per heavy atom. The standard InChI is InChI=1S/C25H25BrClFN6O4/c1-10(2)17-22(18(11(3)4)30-9-29-17)34-20-12(7-13(27)15(26)16(20)28)21-19(24(34)36)31-23(35)14-8-32(25(37)38)5-6-33(14)21/h7,9-11,14H,5-6,8H2,1-4H3,(H,31,35)(H,37,38)/t14-/m1/s1. The lowest BCUT2D eigenvalue weighted by atomic mass is 9.99. The summed E-state index contributed by atoms with van der Waals surface area (Å²) in [6.07, 6.45) is 0.283. The van der Waals surface area contributed by atoms with Gasteiger partial charge in [0.2, 0.25) is 5.91 Å². The summed E-state index contributed by atoms with van der Waals surface area (Å²) in [5, 5.41) is 12.5. The molecule has 13 heteroatoms. The first-order chi connectivity index (χ1) is 17.9. The van der Waals surface area contributed by atoms with Crippen molar-refractivity contribution in [2.75, 3.05) is 29.9 Å². The number of aromatic nitrogens is 3. The van der Waals surface area contributed by atoms with Gasteiger partial charge in [0, 0.05) is 18.5 Å². The summed E-state index contributed by atoms with van der Waals surface area (Å²) >= 11 is 9.63. The summed E-state index contributed by atoms with van der Waals surface area (Å²) in [6, 6.07) is 0.652. The van der Waals surface area contributed by atoms with E-state index in [4.69, 9.17) is 11.6 Å². The number of hydrogen-bond acceptors (Lipinski definition) is 6. The average molecular weight is 608 g/mol. The Labute approximate surface area is 230 Å². The van der Waals surface area contributed by atoms with Crippen LogP contribution in [0.2, 0.25) is 5.02 Å². The third-order valence-corrected chi connectivity index (χ3v) is 8.26. The van der Waals surface area contributed by atoms with Gasteiger partial charge in [-0.1, -0.05) is 39.3 Å². The summed E-state index contributed by atoms with van der Waals surface area (Å²) in [5.74, 6) is -1.54. The number of hydrogen-bond donors (Lipinski definition) is 2. The Morgan fingerprint density at radius 2 is 1.79 bits per heavy atom. The molecule has 2 aliphatic heterocycles. The monoisotopic (exact) mass is 606 g/mol. The lowest BCUT2D eigenvalue weighted by Crippen LogP contribution is -2.61. The van der Waals surface area contributed by atoms with Gasteiger partial charge in [-0.15, -0.1) is 0 Å². The zero-order chi connectivity index (χ0) is 27.6. The van der Waals surface area contributed by atoms with Crippen molar-refractivity contribution in [3.63, 3.8) is 0 Å². The SMILES string of the molecule is CC(C)c1ncnc(C(C)C)c1-n1c(=O)c2c(c3cc(Cl)c(Br)c(F)c31)N1CCN(C(=O)O)C[C@@H]1C(=O)N2. The Balaban J connectivity index is 1.93. The summed E-state index contributed by atoms with van der Waals surface area (Å²) in [4.78, 5) is 50.7. The smallest absolute Gasteiger partial charge is 0.407 e. The molecule has 2 aromatic heterocycles. The van der Waals surface area contributed by atoms with Crippen LogP contribution >= 0.6 is 27.5 Å². The number of rotatable bonds is 3. The summed E-state index contributed by atoms with van der Waals surface area (Å²) in [5.41, 5.74) is 1.04. The highest BCUT2D eigenvalue weighted by atomic mass is 79.9. The van der Waals surface area contributed by atoms with Crippen molar-refractivity contribution in [2.24, 2.45) is 0 Å². The molecule has 0 unspecified atom stereocenters. The van der Waals surface area contributed by atoms with E-state index in [0.717, 1.165) is 4.90 Å². The van der Waals surface area contributed by atoms with Gasteiger partial charge in [-0.25, -0.2) is 19.2 Å². The van der Waals surface area contributed by atoms with Crippen molar-refractivity contribution in [1.82, 2.24) is 19.4 Å². The molecular weight excluding hydrogens is 583 g/mol. The molecule has 5 rings (SSSR count). The molecule has 2 amide bonds. The second-order valence-electron chi connectivity index (χ2n) is 9.98. The van der Waals surface area contributed by atoms with Gasteiger partial charge in [-0.05, 0) is 33.8 Å². The third-order valence-electron chi connectivity index (χ3n) is 6.95. The van der Waals surface area contributed by atoms with Crippen molar-refractivity contribution in [3.8, 4) is 5.69 Å². The lowest BCUT2D eigenvalue weighted by Gasteiger charge is -2.44. The Kier molecular flexibility index (Phi) is 6.59. The first kappa shape index (κ1) is 26.4. The number of nitrogens with one attached hydrogen (secondary N) is 1. The van der Waals surface area contributed by atoms with Crippen molar-refractivity contribution in [2.45, 2.75) is 45.6 Å². The van der Waals surface area contributed by atoms with Crippen molar-refractivity contribution >= 4 is 61.8 Å². The van der Waals surface area contributed by atoms with Crippen LogP contribution < -0.4 is 15.8 Å². The van der Waals surface area contributed by atoms with Crippen LogP contribution in [0.3, 0.4) is 0 Å². The third kappa shape index (κ3) is 3.92. The zero-order valence-corrected chi connectivity index (χ0v) is 23.4. The number of amides is 2. The first-order valence-electron chi connectivity index (χ1n) is 12.1. The molecule has 2 N–H and O–H groups in total. The molecule has 1 aromatic carbocycles. The molecule has 0 bridgehead atoms. The minimum atomic E-state index is -1.15. The summed E-state index contributed by atoms with van der Waals surface area (Å²) in [7, 11) is 0. The highest BCUT2D eigenvalue weighted by Crippen LogP contribution is 2.43. The van der Waals surface area contributed by atoms with E-state index in [1.54, 1.807) is 11.0 Å². The maximum atomic E-state index is 16.2. The van der Waals surface area contributed by atoms with Crippen LogP contribution in [0.5, 0.6) is 0 Å². The van der Waals surface area contributed by atoms with Crippen LogP contribution in [-0.4, -0.2) is 62.2 Å². The largest absolute Gasteiger partial charge is 0.465 e. The van der Waals surface area contributed by atoms with E-state index in [1.807, 2.05) is 27.7 Å². The minimum Gasteiger partial charge on any atom is -0.465 e. The van der Waals surface area contributed by atoms with E-state index < -0.39 is 29.4 Å². The molecule has 10 nitrogen and oxygen atoms in total. The van der Waals surface area contributed by atoms with Gasteiger partial charge in [0.05, 0.1) is 44.3 Å². The number of carboxylic acid groups (broad SMARTS) is 1. The van der Waals surface area contributed by atoms with E-state index >= 15 is 4.39 Å². The molecular formula is C25H25BrClFN6O4. The predicted octanol–water partition coefficient (Wildman–Crippen LogP) is 4.70. The minimum absolute atomic E-state index is 0.0131. The normalized spacial score (nSPS) is 17.2. The fourth-order valence-corrected chi connectivity index (χ4v) is 5.69. The number of benzene rings is 1. The molecule has 38 heavy (non-hydrogen) atoms. The molecule has 200 valence electrons. The summed E-state index contributed by atoms with van der Waals surface area (Å²) in [6.45, 7) is 7.81. The van der Waals surface area contributed by atoms with Crippen LogP contribution in [-0.2, 0) is 4.79 Å². The van der Waals surface area contributed by atoms with Crippen LogP contribution in [0.4, 0.5) is 20.6 Å². The van der Waals surface area contributed by atoms with E-state index in [0.29, 0.717) is 28.1 Å². The van der Waals surface area contributed by atoms with Crippen LogP contribution in [0.25, 0.3) is 16.6 Å². The Morgan fingerprint density at radius 3 is 2.37 bits per heavy atom. The number of carbonyl (C=O) groups excluding carboxylic acids is 1. The van der Waals surface area contributed by atoms with Crippen LogP contribution in [0.1, 0.15) is 50.9 Å². The van der Waals surface area contributed by atoms with Gasteiger partial charge < -0.3 is 20.2 Å². The molecule has 3 aromatic rings. The van der Waals surface area contributed by atoms with Crippen LogP contribution in [0, 0.1) is 5.82 Å². The molecule has 0 aliphatic carbocycles. The van der Waals surface area contributed by atoms with E-state index in [9.17, 15) is 19.5 Å². The molecule has 0 spiro atoms. The second-order valence-corrected chi connectivity index (χ2v) is 11.2. The van der Waals surface area contributed by atoms with Gasteiger partial charge in [-0.3, -0.25) is 14.2 Å². The number of fused-ring (bicyclic) bond motifs is 5. The van der Waals surface area contributed by atoms with Crippen LogP contribution in [0.15, 0.2) is 21.7 Å². The van der Waals surface area contributed by atoms with E-state index in [2.05, 4.69) is 31.2 Å². The number of piperazine rings is 1. The van der Waals surface area contributed by atoms with Crippen molar-refractivity contribution in [3.05, 3.63) is 49.4 Å². The number of carbonyl (C=O) groups is 2. The van der Waals surface area contributed by atoms with Gasteiger partial charge in [0.15, 0.2) is 5.82 Å². The van der Waals surface area contributed by atoms with Crippen molar-refractivity contribution in [1.29, 1.82) is 0 Å². The lowest BCUT2D eigenvalue weighted by molar-refractivity contribution is -0.118. The summed E-state index contributed by atoms with van der Waals surface area (Å²) < 4.78 is 17.4. The van der Waals surface area contributed by atoms with Gasteiger partial charge in [0.1, 0.15) is 18.1 Å². The second kappa shape index (κ2) is 9.49. The number of anilines is 2. The molecule has 2 aliphatic rings. The highest BCUT2D eigenvalue weighted by molar-refractivity contribution is 9.10. The van der Waals surface area contributed by atoms with E-state index in [1.165, 1.54) is 10.9 Å². The van der Waals surface area contributed by atoms with E-state index in [-0.39, 0.29) is 52.2 Å². The molecule has 4 heterocycles. The fraction of sp³-hybridized carbons (Fsp3) is 0.400. The topological polar surface area (TPSA) is 121 Å². The maximum absolute atomic E-state index is 16.2. The Bertz CT molecular complexity index is 1550. The van der Waals surface area contributed by atoms with Gasteiger partial charge in [0.25, 0.3) is 5.56 Å². The zero-order valence-electron chi connectivity index (χ0n) is 21.0. The average Bonchev–Trinajstić information content (AvgIpc) is 2.87. The first-order valence-corrected chi connectivity index (χ1v) is 13.3. The fourth-order valence-electron chi connectivity index (χ4n) is 5.19. The molecule has 1 saturated heterocycles. The number of nitrogens with zero attached hydrogens (tertiary/aromatic N) is 5. The van der Waals surface area contributed by atoms with Gasteiger partial charge >= 0.3 is 6.09 Å². The quantitative estimate of drug-likeness (QED) is 0.414. The number of pyridine rings is 1. The van der Waals surface area contributed by atoms with Gasteiger partial charge in [-0.2, -0.15) is 0 Å². The molecule has 0 radical (unpaired) electrons. The molecule has 1 fully saturated rings. The molecule has 1 atom stereocenters. The molecule has 0 saturated carbocycles. The number of halogens is 3. The van der Waals surface area contributed by atoms with Crippen molar-refractivity contribution < 1.29 is 19.1 Å². The maximum Gasteiger partial charge on any atom is 0.407 e. The Hall–Kier alpha value is -3.25. The highest BCUT2D eigenvalue weighted by Gasteiger charge is 2.42. The predicted molar refractivity (Wildman–Crippen MR) is 145 cm³/mol.